The van der Waals surface area contributed by atoms with Crippen molar-refractivity contribution in [2.24, 2.45) is 11.8 Å². The first-order chi connectivity index (χ1) is 7.68. The molecule has 0 radical (unpaired) electrons. The molecular formula is C14H20FN. The Morgan fingerprint density at radius 1 is 1.19 bits per heavy atom. The number of halogens is 1. The molecule has 1 saturated heterocycles. The molecule has 0 spiro atoms. The second kappa shape index (κ2) is 4.86. The van der Waals surface area contributed by atoms with Gasteiger partial charge in [0.15, 0.2) is 0 Å². The number of anilines is 1. The SMILES string of the molecule is CC(C)C1CCN(c2ccccc2F)CC1. The van der Waals surface area contributed by atoms with Crippen LogP contribution in [-0.4, -0.2) is 13.1 Å². The minimum Gasteiger partial charge on any atom is -0.369 e. The summed E-state index contributed by atoms with van der Waals surface area (Å²) in [5.74, 6) is 1.47. The Balaban J connectivity index is 2.02. The second-order valence-corrected chi connectivity index (χ2v) is 5.02. The van der Waals surface area contributed by atoms with E-state index in [1.165, 1.54) is 12.8 Å². The largest absolute Gasteiger partial charge is 0.369 e. The summed E-state index contributed by atoms with van der Waals surface area (Å²) >= 11 is 0. The summed E-state index contributed by atoms with van der Waals surface area (Å²) in [6, 6.07) is 7.08. The molecule has 0 aromatic heterocycles. The van der Waals surface area contributed by atoms with Crippen molar-refractivity contribution in [1.29, 1.82) is 0 Å². The molecule has 88 valence electrons. The number of hydrogen-bond donors (Lipinski definition) is 0. The highest BCUT2D eigenvalue weighted by Crippen LogP contribution is 2.28. The van der Waals surface area contributed by atoms with Crippen molar-refractivity contribution in [3.8, 4) is 0 Å². The van der Waals surface area contributed by atoms with E-state index in [-0.39, 0.29) is 5.82 Å². The molecule has 0 N–H and O–H groups in total. The van der Waals surface area contributed by atoms with Crippen molar-refractivity contribution in [3.63, 3.8) is 0 Å². The van der Waals surface area contributed by atoms with E-state index in [0.717, 1.165) is 30.6 Å². The van der Waals surface area contributed by atoms with Crippen LogP contribution >= 0.6 is 0 Å². The molecule has 1 heterocycles. The average Bonchev–Trinajstić information content (AvgIpc) is 2.30. The molecule has 1 fully saturated rings. The molecular weight excluding hydrogens is 201 g/mol. The van der Waals surface area contributed by atoms with Crippen molar-refractivity contribution in [2.75, 3.05) is 18.0 Å². The molecule has 0 saturated carbocycles. The standard InChI is InChI=1S/C14H20FN/c1-11(2)12-7-9-16(10-8-12)14-6-4-3-5-13(14)15/h3-6,11-12H,7-10H2,1-2H3. The zero-order valence-electron chi connectivity index (χ0n) is 10.1. The molecule has 1 aromatic carbocycles. The highest BCUT2D eigenvalue weighted by molar-refractivity contribution is 5.47. The summed E-state index contributed by atoms with van der Waals surface area (Å²) in [6.45, 7) is 6.54. The van der Waals surface area contributed by atoms with Crippen LogP contribution in [0.2, 0.25) is 0 Å². The van der Waals surface area contributed by atoms with Gasteiger partial charge < -0.3 is 4.90 Å². The molecule has 0 atom stereocenters. The van der Waals surface area contributed by atoms with Crippen LogP contribution in [0, 0.1) is 17.7 Å². The number of piperidine rings is 1. The molecule has 2 heteroatoms. The van der Waals surface area contributed by atoms with Gasteiger partial charge in [0.25, 0.3) is 0 Å². The lowest BCUT2D eigenvalue weighted by atomic mass is 9.86. The summed E-state index contributed by atoms with van der Waals surface area (Å²) in [4.78, 5) is 2.17. The van der Waals surface area contributed by atoms with E-state index < -0.39 is 0 Å². The van der Waals surface area contributed by atoms with Gasteiger partial charge in [0.05, 0.1) is 5.69 Å². The van der Waals surface area contributed by atoms with E-state index in [1.807, 2.05) is 12.1 Å². The molecule has 0 amide bonds. The van der Waals surface area contributed by atoms with Gasteiger partial charge in [-0.25, -0.2) is 4.39 Å². The van der Waals surface area contributed by atoms with E-state index in [0.29, 0.717) is 0 Å². The van der Waals surface area contributed by atoms with Crippen LogP contribution in [0.4, 0.5) is 10.1 Å². The normalized spacial score (nSPS) is 18.1. The van der Waals surface area contributed by atoms with E-state index in [1.54, 1.807) is 12.1 Å². The fourth-order valence-electron chi connectivity index (χ4n) is 2.52. The molecule has 16 heavy (non-hydrogen) atoms. The third-order valence-corrected chi connectivity index (χ3v) is 3.68. The van der Waals surface area contributed by atoms with Gasteiger partial charge in [-0.3, -0.25) is 0 Å². The fourth-order valence-corrected chi connectivity index (χ4v) is 2.52. The maximum Gasteiger partial charge on any atom is 0.146 e. The molecule has 2 rings (SSSR count). The van der Waals surface area contributed by atoms with E-state index >= 15 is 0 Å². The molecule has 0 aliphatic carbocycles. The molecule has 0 unspecified atom stereocenters. The third kappa shape index (κ3) is 2.37. The van der Waals surface area contributed by atoms with Gasteiger partial charge in [-0.2, -0.15) is 0 Å². The summed E-state index contributed by atoms with van der Waals surface area (Å²) in [5, 5.41) is 0. The van der Waals surface area contributed by atoms with Crippen LogP contribution in [0.3, 0.4) is 0 Å². The highest BCUT2D eigenvalue weighted by atomic mass is 19.1. The lowest BCUT2D eigenvalue weighted by Gasteiger charge is -2.35. The minimum atomic E-state index is -0.0921. The van der Waals surface area contributed by atoms with Gasteiger partial charge >= 0.3 is 0 Å². The van der Waals surface area contributed by atoms with Gasteiger partial charge in [0.2, 0.25) is 0 Å². The predicted molar refractivity (Wildman–Crippen MR) is 66.2 cm³/mol. The lowest BCUT2D eigenvalue weighted by molar-refractivity contribution is 0.310. The predicted octanol–water partition coefficient (Wildman–Crippen LogP) is 3.70. The Morgan fingerprint density at radius 3 is 2.38 bits per heavy atom. The Labute approximate surface area is 97.3 Å². The topological polar surface area (TPSA) is 3.24 Å². The number of hydrogen-bond acceptors (Lipinski definition) is 1. The maximum atomic E-state index is 13.6. The van der Waals surface area contributed by atoms with Crippen molar-refractivity contribution in [1.82, 2.24) is 0 Å². The fraction of sp³-hybridized carbons (Fsp3) is 0.571. The van der Waals surface area contributed by atoms with Crippen molar-refractivity contribution < 1.29 is 4.39 Å². The minimum absolute atomic E-state index is 0.0921. The third-order valence-electron chi connectivity index (χ3n) is 3.68. The number of benzene rings is 1. The Bertz CT molecular complexity index is 340. The number of rotatable bonds is 2. The van der Waals surface area contributed by atoms with Crippen LogP contribution < -0.4 is 4.90 Å². The molecule has 1 nitrogen and oxygen atoms in total. The zero-order valence-corrected chi connectivity index (χ0v) is 10.1. The summed E-state index contributed by atoms with van der Waals surface area (Å²) in [5.41, 5.74) is 0.768. The van der Waals surface area contributed by atoms with Crippen LogP contribution in [0.25, 0.3) is 0 Å². The van der Waals surface area contributed by atoms with Crippen molar-refractivity contribution in [3.05, 3.63) is 30.1 Å². The first-order valence-corrected chi connectivity index (χ1v) is 6.18. The van der Waals surface area contributed by atoms with Gasteiger partial charge in [-0.05, 0) is 36.8 Å². The summed E-state index contributed by atoms with van der Waals surface area (Å²) < 4.78 is 13.6. The van der Waals surface area contributed by atoms with Crippen molar-refractivity contribution in [2.45, 2.75) is 26.7 Å². The monoisotopic (exact) mass is 221 g/mol. The molecule has 1 aliphatic heterocycles. The average molecular weight is 221 g/mol. The quantitative estimate of drug-likeness (QED) is 0.736. The van der Waals surface area contributed by atoms with Gasteiger partial charge in [-0.1, -0.05) is 26.0 Å². The smallest absolute Gasteiger partial charge is 0.146 e. The second-order valence-electron chi connectivity index (χ2n) is 5.02. The van der Waals surface area contributed by atoms with Crippen LogP contribution in [-0.2, 0) is 0 Å². The summed E-state index contributed by atoms with van der Waals surface area (Å²) in [6.07, 6.45) is 2.37. The van der Waals surface area contributed by atoms with Crippen molar-refractivity contribution >= 4 is 5.69 Å². The number of para-hydroxylation sites is 1. The van der Waals surface area contributed by atoms with Crippen LogP contribution in [0.5, 0.6) is 0 Å². The zero-order chi connectivity index (χ0) is 11.5. The van der Waals surface area contributed by atoms with E-state index in [2.05, 4.69) is 18.7 Å². The Hall–Kier alpha value is -1.05. The first kappa shape index (κ1) is 11.4. The number of nitrogens with zero attached hydrogens (tertiary/aromatic N) is 1. The first-order valence-electron chi connectivity index (χ1n) is 6.18. The molecule has 0 bridgehead atoms. The molecule has 1 aromatic rings. The van der Waals surface area contributed by atoms with Crippen LogP contribution in [0.15, 0.2) is 24.3 Å². The van der Waals surface area contributed by atoms with E-state index in [4.69, 9.17) is 0 Å². The highest BCUT2D eigenvalue weighted by Gasteiger charge is 2.22. The van der Waals surface area contributed by atoms with Gasteiger partial charge in [-0.15, -0.1) is 0 Å². The van der Waals surface area contributed by atoms with E-state index in [9.17, 15) is 4.39 Å². The Morgan fingerprint density at radius 2 is 1.81 bits per heavy atom. The summed E-state index contributed by atoms with van der Waals surface area (Å²) in [7, 11) is 0. The lowest BCUT2D eigenvalue weighted by Crippen LogP contribution is -2.35. The van der Waals surface area contributed by atoms with Gasteiger partial charge in [0, 0.05) is 13.1 Å². The van der Waals surface area contributed by atoms with Gasteiger partial charge in [0.1, 0.15) is 5.82 Å². The van der Waals surface area contributed by atoms with Crippen LogP contribution in [0.1, 0.15) is 26.7 Å². The Kier molecular flexibility index (Phi) is 3.47. The maximum absolute atomic E-state index is 13.6. The molecule has 1 aliphatic rings.